The molecule has 2 aromatic heterocycles. The Labute approximate surface area is 84.3 Å². The molecule has 2 heterocycles. The maximum atomic E-state index is 11.3. The fourth-order valence-corrected chi connectivity index (χ4v) is 1.45. The predicted octanol–water partition coefficient (Wildman–Crippen LogP) is 0.532. The van der Waals surface area contributed by atoms with E-state index in [9.17, 15) is 4.79 Å². The summed E-state index contributed by atoms with van der Waals surface area (Å²) < 4.78 is 4.91. The number of hydrogen-bond acceptors (Lipinski definition) is 5. The number of aromatic amines is 1. The van der Waals surface area contributed by atoms with Crippen molar-refractivity contribution in [2.75, 3.05) is 5.73 Å². The molecular formula is C9H8N4O2. The minimum Gasteiger partial charge on any atom is -0.397 e. The number of pyridine rings is 1. The lowest BCUT2D eigenvalue weighted by Gasteiger charge is -1.97. The molecule has 6 nitrogen and oxygen atoms in total. The average Bonchev–Trinajstić information content (AvgIpc) is 2.61. The number of anilines is 1. The molecule has 15 heavy (non-hydrogen) atoms. The molecule has 0 radical (unpaired) electrons. The van der Waals surface area contributed by atoms with Crippen LogP contribution in [0.15, 0.2) is 9.32 Å². The second kappa shape index (κ2) is 3.13. The number of aryl methyl sites for hydroxylation is 1. The number of nitriles is 1. The van der Waals surface area contributed by atoms with Crippen molar-refractivity contribution < 1.29 is 4.52 Å². The van der Waals surface area contributed by atoms with Gasteiger partial charge in [-0.2, -0.15) is 5.26 Å². The van der Waals surface area contributed by atoms with Crippen LogP contribution in [0.1, 0.15) is 18.2 Å². The van der Waals surface area contributed by atoms with Crippen LogP contribution in [-0.2, 0) is 6.42 Å². The highest BCUT2D eigenvalue weighted by molar-refractivity contribution is 5.91. The van der Waals surface area contributed by atoms with E-state index in [-0.39, 0.29) is 17.0 Å². The van der Waals surface area contributed by atoms with Crippen LogP contribution in [0.5, 0.6) is 0 Å². The minimum absolute atomic E-state index is 0.0969. The maximum Gasteiger partial charge on any atom is 0.270 e. The van der Waals surface area contributed by atoms with Gasteiger partial charge in [0.15, 0.2) is 0 Å². The Balaban J connectivity index is 2.98. The van der Waals surface area contributed by atoms with Crippen LogP contribution in [-0.4, -0.2) is 10.1 Å². The zero-order valence-corrected chi connectivity index (χ0v) is 8.00. The normalized spacial score (nSPS) is 10.4. The summed E-state index contributed by atoms with van der Waals surface area (Å²) in [5, 5.41) is 13.0. The molecule has 2 aromatic rings. The molecule has 0 amide bonds. The monoisotopic (exact) mass is 204 g/mol. The van der Waals surface area contributed by atoms with Gasteiger partial charge in [0.2, 0.25) is 5.71 Å². The van der Waals surface area contributed by atoms with Crippen LogP contribution >= 0.6 is 0 Å². The van der Waals surface area contributed by atoms with Crippen LogP contribution in [0, 0.1) is 11.3 Å². The van der Waals surface area contributed by atoms with E-state index in [1.165, 1.54) is 0 Å². The number of hydrogen-bond donors (Lipinski definition) is 2. The van der Waals surface area contributed by atoms with Crippen molar-refractivity contribution in [1.29, 1.82) is 5.26 Å². The van der Waals surface area contributed by atoms with Crippen LogP contribution in [0.4, 0.5) is 5.69 Å². The van der Waals surface area contributed by atoms with Gasteiger partial charge in [-0.3, -0.25) is 9.78 Å². The second-order valence-corrected chi connectivity index (χ2v) is 3.04. The van der Waals surface area contributed by atoms with E-state index in [1.807, 2.05) is 6.92 Å². The summed E-state index contributed by atoms with van der Waals surface area (Å²) in [5.41, 5.74) is 6.04. The highest BCUT2D eigenvalue weighted by Gasteiger charge is 2.16. The zero-order valence-electron chi connectivity index (χ0n) is 8.00. The predicted molar refractivity (Wildman–Crippen MR) is 53.1 cm³/mol. The molecule has 0 fully saturated rings. The first-order valence-corrected chi connectivity index (χ1v) is 4.39. The Bertz CT molecular complexity index is 617. The molecule has 0 unspecified atom stereocenters. The molecule has 0 saturated carbocycles. The number of rotatable bonds is 1. The molecule has 0 aromatic carbocycles. The van der Waals surface area contributed by atoms with Gasteiger partial charge in [0.25, 0.3) is 5.56 Å². The Morgan fingerprint density at radius 1 is 1.67 bits per heavy atom. The fraction of sp³-hybridized carbons (Fsp3) is 0.222. The first-order chi connectivity index (χ1) is 7.19. The van der Waals surface area contributed by atoms with Crippen LogP contribution < -0.4 is 11.3 Å². The van der Waals surface area contributed by atoms with Crippen molar-refractivity contribution >= 4 is 16.8 Å². The number of nitrogens with zero attached hydrogens (tertiary/aromatic N) is 2. The van der Waals surface area contributed by atoms with Crippen LogP contribution in [0.2, 0.25) is 0 Å². The molecular weight excluding hydrogens is 196 g/mol. The SMILES string of the molecule is CCc1noc2[nH]c(=O)c(C#N)c(N)c12. The van der Waals surface area contributed by atoms with Gasteiger partial charge in [-0.25, -0.2) is 0 Å². The van der Waals surface area contributed by atoms with E-state index in [0.717, 1.165) is 0 Å². The summed E-state index contributed by atoms with van der Waals surface area (Å²) in [5.74, 6) is 0. The Kier molecular flexibility index (Phi) is 1.94. The van der Waals surface area contributed by atoms with Crippen LogP contribution in [0.3, 0.4) is 0 Å². The maximum absolute atomic E-state index is 11.3. The van der Waals surface area contributed by atoms with E-state index < -0.39 is 5.56 Å². The van der Waals surface area contributed by atoms with Gasteiger partial charge < -0.3 is 10.3 Å². The lowest BCUT2D eigenvalue weighted by atomic mass is 10.1. The molecule has 0 bridgehead atoms. The van der Waals surface area contributed by atoms with E-state index >= 15 is 0 Å². The zero-order chi connectivity index (χ0) is 11.0. The third-order valence-electron chi connectivity index (χ3n) is 2.20. The standard InChI is InChI=1S/C9H8N4O2/c1-2-5-6-7(11)4(3-10)8(14)12-9(6)15-13-5/h2H2,1H3,(H3,11,12,14). The van der Waals surface area contributed by atoms with Crippen molar-refractivity contribution in [2.45, 2.75) is 13.3 Å². The number of nitrogens with one attached hydrogen (secondary N) is 1. The number of fused-ring (bicyclic) bond motifs is 1. The number of aromatic nitrogens is 2. The summed E-state index contributed by atoms with van der Waals surface area (Å²) >= 11 is 0. The molecule has 0 spiro atoms. The van der Waals surface area contributed by atoms with Gasteiger partial charge in [-0.15, -0.1) is 0 Å². The summed E-state index contributed by atoms with van der Waals surface area (Å²) in [6.45, 7) is 1.88. The van der Waals surface area contributed by atoms with Gasteiger partial charge in [-0.1, -0.05) is 12.1 Å². The van der Waals surface area contributed by atoms with Gasteiger partial charge in [-0.05, 0) is 6.42 Å². The van der Waals surface area contributed by atoms with E-state index in [2.05, 4.69) is 10.1 Å². The molecule has 0 aliphatic rings. The van der Waals surface area contributed by atoms with Crippen molar-refractivity contribution in [1.82, 2.24) is 10.1 Å². The molecule has 6 heteroatoms. The number of nitrogen functional groups attached to an aromatic ring is 1. The van der Waals surface area contributed by atoms with Crippen molar-refractivity contribution in [2.24, 2.45) is 0 Å². The largest absolute Gasteiger partial charge is 0.397 e. The number of H-pyrrole nitrogens is 1. The average molecular weight is 204 g/mol. The molecule has 76 valence electrons. The van der Waals surface area contributed by atoms with Gasteiger partial charge in [0.05, 0.1) is 16.8 Å². The summed E-state index contributed by atoms with van der Waals surface area (Å²) in [6, 6.07) is 1.76. The second-order valence-electron chi connectivity index (χ2n) is 3.04. The molecule has 0 aliphatic heterocycles. The van der Waals surface area contributed by atoms with Crippen molar-refractivity contribution in [3.63, 3.8) is 0 Å². The first kappa shape index (κ1) is 9.27. The summed E-state index contributed by atoms with van der Waals surface area (Å²) in [6.07, 6.45) is 0.619. The molecule has 0 aliphatic carbocycles. The van der Waals surface area contributed by atoms with E-state index in [1.54, 1.807) is 6.07 Å². The lowest BCUT2D eigenvalue weighted by molar-refractivity contribution is 0.439. The van der Waals surface area contributed by atoms with Crippen molar-refractivity contribution in [3.05, 3.63) is 21.6 Å². The molecule has 0 saturated heterocycles. The van der Waals surface area contributed by atoms with Crippen LogP contribution in [0.25, 0.3) is 11.1 Å². The number of nitrogens with two attached hydrogens (primary N) is 1. The Morgan fingerprint density at radius 3 is 3.00 bits per heavy atom. The van der Waals surface area contributed by atoms with E-state index in [4.69, 9.17) is 15.5 Å². The van der Waals surface area contributed by atoms with E-state index in [0.29, 0.717) is 17.5 Å². The third kappa shape index (κ3) is 1.17. The molecule has 2 rings (SSSR count). The molecule has 3 N–H and O–H groups in total. The summed E-state index contributed by atoms with van der Waals surface area (Å²) in [4.78, 5) is 13.8. The van der Waals surface area contributed by atoms with Gasteiger partial charge >= 0.3 is 0 Å². The summed E-state index contributed by atoms with van der Waals surface area (Å²) in [7, 11) is 0. The Morgan fingerprint density at radius 2 is 2.40 bits per heavy atom. The fourth-order valence-electron chi connectivity index (χ4n) is 1.45. The van der Waals surface area contributed by atoms with Gasteiger partial charge in [0, 0.05) is 0 Å². The Hall–Kier alpha value is -2.29. The highest BCUT2D eigenvalue weighted by Crippen LogP contribution is 2.23. The topological polar surface area (TPSA) is 109 Å². The van der Waals surface area contributed by atoms with Crippen molar-refractivity contribution in [3.8, 4) is 6.07 Å². The minimum atomic E-state index is -0.554. The lowest BCUT2D eigenvalue weighted by Crippen LogP contribution is -2.12. The smallest absolute Gasteiger partial charge is 0.270 e. The third-order valence-corrected chi connectivity index (χ3v) is 2.20. The van der Waals surface area contributed by atoms with Gasteiger partial charge in [0.1, 0.15) is 11.6 Å². The quantitative estimate of drug-likeness (QED) is 0.704. The first-order valence-electron chi connectivity index (χ1n) is 4.39. The molecule has 0 atom stereocenters. The highest BCUT2D eigenvalue weighted by atomic mass is 16.5.